The first kappa shape index (κ1) is 21.8. The summed E-state index contributed by atoms with van der Waals surface area (Å²) in [6, 6.07) is 45.1. The molecule has 0 aliphatic carbocycles. The summed E-state index contributed by atoms with van der Waals surface area (Å²) in [6.07, 6.45) is 3.75. The molecule has 39 heavy (non-hydrogen) atoms. The molecule has 0 unspecified atom stereocenters. The first-order valence-corrected chi connectivity index (χ1v) is 13.2. The van der Waals surface area contributed by atoms with Crippen molar-refractivity contribution in [3.05, 3.63) is 140 Å². The molecule has 0 spiro atoms. The standard InChI is InChI=1S/C36H23N3/c1-2-11-25(12-3-1)39-33-20-19-24(23-31(33)30-17-10-22-38-36(30)39)34-26-13-4-6-15-28(26)35(32-18-8-9-21-37-32)29-16-7-5-14-27(29)34/h1-23H. The summed E-state index contributed by atoms with van der Waals surface area (Å²) in [7, 11) is 0. The largest absolute Gasteiger partial charge is 0.294 e. The van der Waals surface area contributed by atoms with Gasteiger partial charge in [-0.15, -0.1) is 0 Å². The van der Waals surface area contributed by atoms with E-state index < -0.39 is 0 Å². The molecule has 8 aromatic rings. The van der Waals surface area contributed by atoms with E-state index in [0.29, 0.717) is 0 Å². The Balaban J connectivity index is 1.48. The van der Waals surface area contributed by atoms with Crippen molar-refractivity contribution in [3.8, 4) is 28.1 Å². The summed E-state index contributed by atoms with van der Waals surface area (Å²) in [4.78, 5) is 9.55. The third-order valence-corrected chi connectivity index (χ3v) is 7.68. The molecule has 0 amide bonds. The second-order valence-electron chi connectivity index (χ2n) is 9.83. The van der Waals surface area contributed by atoms with Crippen LogP contribution in [0.5, 0.6) is 0 Å². The Hall–Kier alpha value is -5.28. The van der Waals surface area contributed by atoms with Gasteiger partial charge in [0.15, 0.2) is 0 Å². The summed E-state index contributed by atoms with van der Waals surface area (Å²) in [6.45, 7) is 0. The minimum absolute atomic E-state index is 0.969. The van der Waals surface area contributed by atoms with E-state index in [4.69, 9.17) is 9.97 Å². The van der Waals surface area contributed by atoms with Gasteiger partial charge in [0.05, 0.1) is 11.2 Å². The lowest BCUT2D eigenvalue weighted by atomic mass is 9.87. The predicted octanol–water partition coefficient (Wildman–Crippen LogP) is 9.21. The Morgan fingerprint density at radius 1 is 0.436 bits per heavy atom. The van der Waals surface area contributed by atoms with Crippen molar-refractivity contribution in [2.45, 2.75) is 0 Å². The van der Waals surface area contributed by atoms with Crippen LogP contribution < -0.4 is 0 Å². The molecule has 0 aliphatic heterocycles. The Morgan fingerprint density at radius 3 is 1.74 bits per heavy atom. The lowest BCUT2D eigenvalue weighted by Crippen LogP contribution is -1.94. The van der Waals surface area contributed by atoms with E-state index in [-0.39, 0.29) is 0 Å². The van der Waals surface area contributed by atoms with Crippen LogP contribution in [0.15, 0.2) is 140 Å². The third kappa shape index (κ3) is 3.30. The SMILES string of the molecule is c1ccc(-n2c3ccc(-c4c5ccccc5c(-c5ccccn5)c5ccccc45)cc3c3cccnc32)cc1. The lowest BCUT2D eigenvalue weighted by molar-refractivity contribution is 1.14. The highest BCUT2D eigenvalue weighted by atomic mass is 15.0. The molecule has 5 aromatic carbocycles. The number of hydrogen-bond donors (Lipinski definition) is 0. The minimum atomic E-state index is 0.969. The van der Waals surface area contributed by atoms with Gasteiger partial charge in [0, 0.05) is 34.4 Å². The average molecular weight is 498 g/mol. The zero-order valence-electron chi connectivity index (χ0n) is 21.1. The zero-order chi connectivity index (χ0) is 25.8. The van der Waals surface area contributed by atoms with Crippen LogP contribution >= 0.6 is 0 Å². The molecule has 0 atom stereocenters. The van der Waals surface area contributed by atoms with E-state index >= 15 is 0 Å². The van der Waals surface area contributed by atoms with E-state index in [2.05, 4.69) is 114 Å². The molecule has 0 saturated heterocycles. The molecule has 182 valence electrons. The van der Waals surface area contributed by atoms with Gasteiger partial charge in [0.2, 0.25) is 0 Å². The zero-order valence-corrected chi connectivity index (χ0v) is 21.1. The van der Waals surface area contributed by atoms with Crippen molar-refractivity contribution in [3.63, 3.8) is 0 Å². The lowest BCUT2D eigenvalue weighted by Gasteiger charge is -2.17. The van der Waals surface area contributed by atoms with Crippen molar-refractivity contribution < 1.29 is 0 Å². The maximum Gasteiger partial charge on any atom is 0.145 e. The Bertz CT molecular complexity index is 2100. The van der Waals surface area contributed by atoms with Crippen LogP contribution in [0.1, 0.15) is 0 Å². The fraction of sp³-hybridized carbons (Fsp3) is 0. The first-order chi connectivity index (χ1) is 19.4. The summed E-state index contributed by atoms with van der Waals surface area (Å²) in [5.74, 6) is 0. The summed E-state index contributed by atoms with van der Waals surface area (Å²) in [5, 5.41) is 7.21. The number of benzene rings is 5. The van der Waals surface area contributed by atoms with Gasteiger partial charge in [-0.3, -0.25) is 9.55 Å². The van der Waals surface area contributed by atoms with Crippen molar-refractivity contribution in [2.24, 2.45) is 0 Å². The van der Waals surface area contributed by atoms with Gasteiger partial charge in [-0.1, -0.05) is 78.9 Å². The maximum absolute atomic E-state index is 4.80. The summed E-state index contributed by atoms with van der Waals surface area (Å²) in [5.41, 5.74) is 7.83. The van der Waals surface area contributed by atoms with Gasteiger partial charge in [-0.05, 0) is 81.2 Å². The van der Waals surface area contributed by atoms with E-state index in [0.717, 1.165) is 27.9 Å². The van der Waals surface area contributed by atoms with Gasteiger partial charge >= 0.3 is 0 Å². The third-order valence-electron chi connectivity index (χ3n) is 7.68. The van der Waals surface area contributed by atoms with Crippen LogP contribution in [-0.2, 0) is 0 Å². The van der Waals surface area contributed by atoms with E-state index in [1.807, 2.05) is 30.6 Å². The smallest absolute Gasteiger partial charge is 0.145 e. The highest BCUT2D eigenvalue weighted by Gasteiger charge is 2.19. The minimum Gasteiger partial charge on any atom is -0.294 e. The molecule has 8 rings (SSSR count). The highest BCUT2D eigenvalue weighted by molar-refractivity contribution is 6.22. The van der Waals surface area contributed by atoms with Crippen molar-refractivity contribution >= 4 is 43.5 Å². The van der Waals surface area contributed by atoms with Crippen molar-refractivity contribution in [1.29, 1.82) is 0 Å². The fourth-order valence-electron chi connectivity index (χ4n) is 6.07. The van der Waals surface area contributed by atoms with Crippen LogP contribution in [0.3, 0.4) is 0 Å². The Labute approximate surface area is 225 Å². The van der Waals surface area contributed by atoms with Gasteiger partial charge < -0.3 is 0 Å². The van der Waals surface area contributed by atoms with Crippen molar-refractivity contribution in [2.75, 3.05) is 0 Å². The number of pyridine rings is 2. The van der Waals surface area contributed by atoms with Crippen LogP contribution in [0.4, 0.5) is 0 Å². The van der Waals surface area contributed by atoms with Gasteiger partial charge in [0.25, 0.3) is 0 Å². The van der Waals surface area contributed by atoms with E-state index in [1.165, 1.54) is 43.6 Å². The Morgan fingerprint density at radius 2 is 1.05 bits per heavy atom. The monoisotopic (exact) mass is 497 g/mol. The van der Waals surface area contributed by atoms with Crippen molar-refractivity contribution in [1.82, 2.24) is 14.5 Å². The van der Waals surface area contributed by atoms with Gasteiger partial charge in [-0.2, -0.15) is 0 Å². The van der Waals surface area contributed by atoms with Crippen LogP contribution in [0.25, 0.3) is 71.6 Å². The molecule has 3 heteroatoms. The molecule has 0 fully saturated rings. The van der Waals surface area contributed by atoms with Gasteiger partial charge in [0.1, 0.15) is 5.65 Å². The number of fused-ring (bicyclic) bond motifs is 5. The molecule has 3 nitrogen and oxygen atoms in total. The quantitative estimate of drug-likeness (QED) is 0.228. The summed E-state index contributed by atoms with van der Waals surface area (Å²) >= 11 is 0. The molecule has 0 radical (unpaired) electrons. The fourth-order valence-corrected chi connectivity index (χ4v) is 6.07. The van der Waals surface area contributed by atoms with Crippen LogP contribution in [0, 0.1) is 0 Å². The molecule has 0 aliphatic rings. The Kier molecular flexibility index (Phi) is 4.82. The average Bonchev–Trinajstić information content (AvgIpc) is 3.34. The molecular weight excluding hydrogens is 474 g/mol. The second kappa shape index (κ2) is 8.64. The number of nitrogens with zero attached hydrogens (tertiary/aromatic N) is 3. The highest BCUT2D eigenvalue weighted by Crippen LogP contribution is 2.44. The second-order valence-corrected chi connectivity index (χ2v) is 9.83. The number of hydrogen-bond acceptors (Lipinski definition) is 2. The normalized spacial score (nSPS) is 11.6. The number of aromatic nitrogens is 3. The molecule has 0 saturated carbocycles. The van der Waals surface area contributed by atoms with E-state index in [9.17, 15) is 0 Å². The van der Waals surface area contributed by atoms with Crippen LogP contribution in [0.2, 0.25) is 0 Å². The van der Waals surface area contributed by atoms with E-state index in [1.54, 1.807) is 0 Å². The molecule has 3 heterocycles. The van der Waals surface area contributed by atoms with Crippen LogP contribution in [-0.4, -0.2) is 14.5 Å². The molecule has 0 bridgehead atoms. The predicted molar refractivity (Wildman–Crippen MR) is 162 cm³/mol. The number of rotatable bonds is 3. The topological polar surface area (TPSA) is 30.7 Å². The summed E-state index contributed by atoms with van der Waals surface area (Å²) < 4.78 is 2.26. The molecule has 0 N–H and O–H groups in total. The number of para-hydroxylation sites is 1. The molecule has 3 aromatic heterocycles. The molecular formula is C36H23N3. The maximum atomic E-state index is 4.80. The first-order valence-electron chi connectivity index (χ1n) is 13.2. The van der Waals surface area contributed by atoms with Gasteiger partial charge in [-0.25, -0.2) is 4.98 Å².